The van der Waals surface area contributed by atoms with Crippen molar-refractivity contribution >= 4 is 11.4 Å². The zero-order valence-corrected chi connectivity index (χ0v) is 12.7. The maximum Gasteiger partial charge on any atom is 0.255 e. The van der Waals surface area contributed by atoms with Crippen LogP contribution in [0.1, 0.15) is 11.3 Å². The summed E-state index contributed by atoms with van der Waals surface area (Å²) < 4.78 is 1.72. The number of benzene rings is 2. The Labute approximate surface area is 129 Å². The van der Waals surface area contributed by atoms with Crippen LogP contribution in [0.5, 0.6) is 0 Å². The zero-order valence-electron chi connectivity index (χ0n) is 12.7. The van der Waals surface area contributed by atoms with Gasteiger partial charge in [0, 0.05) is 28.8 Å². The van der Waals surface area contributed by atoms with Gasteiger partial charge in [-0.25, -0.2) is 0 Å². The average molecular weight is 290 g/mol. The second kappa shape index (κ2) is 5.90. The molecular weight excluding hydrogens is 272 g/mol. The van der Waals surface area contributed by atoms with Crippen LogP contribution in [0.25, 0.3) is 5.69 Å². The topological polar surface area (TPSA) is 34.0 Å². The van der Waals surface area contributed by atoms with Crippen molar-refractivity contribution in [3.63, 3.8) is 0 Å². The van der Waals surface area contributed by atoms with Gasteiger partial charge in [0.2, 0.25) is 0 Å². The van der Waals surface area contributed by atoms with Crippen LogP contribution in [0.3, 0.4) is 0 Å². The third kappa shape index (κ3) is 2.93. The molecule has 22 heavy (non-hydrogen) atoms. The van der Waals surface area contributed by atoms with Crippen molar-refractivity contribution in [2.24, 2.45) is 0 Å². The molecule has 3 aromatic rings. The first-order valence-corrected chi connectivity index (χ1v) is 7.26. The lowest BCUT2D eigenvalue weighted by Crippen LogP contribution is -2.19. The second-order valence-electron chi connectivity index (χ2n) is 5.39. The molecule has 0 aliphatic carbocycles. The standard InChI is InChI=1S/C19H18N2O/c1-14-12-15(2)21(19(22)13-14)18-10-8-17(9-11-18)20-16-6-4-3-5-7-16/h3-13,20H,1-2H3. The van der Waals surface area contributed by atoms with Crippen LogP contribution in [0.4, 0.5) is 11.4 Å². The molecule has 1 aromatic heterocycles. The monoisotopic (exact) mass is 290 g/mol. The molecule has 0 amide bonds. The van der Waals surface area contributed by atoms with Gasteiger partial charge < -0.3 is 5.32 Å². The molecule has 0 aliphatic rings. The molecule has 3 nitrogen and oxygen atoms in total. The molecule has 0 atom stereocenters. The summed E-state index contributed by atoms with van der Waals surface area (Å²) in [5, 5.41) is 3.33. The van der Waals surface area contributed by atoms with Crippen LogP contribution in [0.15, 0.2) is 71.5 Å². The third-order valence-corrected chi connectivity index (χ3v) is 3.55. The number of rotatable bonds is 3. The van der Waals surface area contributed by atoms with E-state index in [1.165, 1.54) is 0 Å². The Hall–Kier alpha value is -2.81. The molecule has 1 heterocycles. The number of para-hydroxylation sites is 1. The minimum Gasteiger partial charge on any atom is -0.356 e. The first-order chi connectivity index (χ1) is 10.6. The molecule has 3 rings (SSSR count). The van der Waals surface area contributed by atoms with Gasteiger partial charge in [-0.1, -0.05) is 18.2 Å². The molecule has 0 unspecified atom stereocenters. The number of hydrogen-bond acceptors (Lipinski definition) is 2. The number of anilines is 2. The van der Waals surface area contributed by atoms with Crippen molar-refractivity contribution in [1.82, 2.24) is 4.57 Å². The van der Waals surface area contributed by atoms with E-state index in [4.69, 9.17) is 0 Å². The Balaban J connectivity index is 1.91. The Morgan fingerprint density at radius 1 is 0.818 bits per heavy atom. The summed E-state index contributed by atoms with van der Waals surface area (Å²) in [7, 11) is 0. The fourth-order valence-corrected chi connectivity index (χ4v) is 2.58. The summed E-state index contributed by atoms with van der Waals surface area (Å²) >= 11 is 0. The number of aryl methyl sites for hydroxylation is 2. The third-order valence-electron chi connectivity index (χ3n) is 3.55. The SMILES string of the molecule is Cc1cc(C)n(-c2ccc(Nc3ccccc3)cc2)c(=O)c1. The molecule has 3 heteroatoms. The fraction of sp³-hybridized carbons (Fsp3) is 0.105. The summed E-state index contributed by atoms with van der Waals surface area (Å²) in [6.45, 7) is 3.89. The summed E-state index contributed by atoms with van der Waals surface area (Å²) in [5.74, 6) is 0. The Bertz CT molecular complexity index is 834. The Morgan fingerprint density at radius 2 is 1.45 bits per heavy atom. The maximum atomic E-state index is 12.2. The van der Waals surface area contributed by atoms with Crippen LogP contribution in [-0.4, -0.2) is 4.57 Å². The molecule has 0 spiro atoms. The number of hydrogen-bond donors (Lipinski definition) is 1. The quantitative estimate of drug-likeness (QED) is 0.784. The number of nitrogens with one attached hydrogen (secondary N) is 1. The van der Waals surface area contributed by atoms with Crippen molar-refractivity contribution in [3.05, 3.63) is 88.3 Å². The van der Waals surface area contributed by atoms with E-state index in [1.54, 1.807) is 10.6 Å². The van der Waals surface area contributed by atoms with Crippen molar-refractivity contribution in [3.8, 4) is 5.69 Å². The minimum atomic E-state index is 0.00117. The number of aromatic nitrogens is 1. The molecule has 0 aliphatic heterocycles. The van der Waals surface area contributed by atoms with Crippen LogP contribution in [0.2, 0.25) is 0 Å². The van der Waals surface area contributed by atoms with Gasteiger partial charge in [0.1, 0.15) is 0 Å². The van der Waals surface area contributed by atoms with Gasteiger partial charge in [-0.3, -0.25) is 9.36 Å². The molecule has 1 N–H and O–H groups in total. The largest absolute Gasteiger partial charge is 0.356 e. The van der Waals surface area contributed by atoms with Gasteiger partial charge in [0.25, 0.3) is 5.56 Å². The maximum absolute atomic E-state index is 12.2. The fourth-order valence-electron chi connectivity index (χ4n) is 2.58. The van der Waals surface area contributed by atoms with Gasteiger partial charge in [0.15, 0.2) is 0 Å². The zero-order chi connectivity index (χ0) is 15.5. The molecule has 0 fully saturated rings. The first kappa shape index (κ1) is 14.1. The van der Waals surface area contributed by atoms with Gasteiger partial charge in [-0.2, -0.15) is 0 Å². The summed E-state index contributed by atoms with van der Waals surface area (Å²) in [6, 6.07) is 21.5. The predicted molar refractivity (Wildman–Crippen MR) is 91.2 cm³/mol. The lowest BCUT2D eigenvalue weighted by molar-refractivity contribution is 0.927. The highest BCUT2D eigenvalue weighted by atomic mass is 16.1. The molecule has 0 saturated heterocycles. The van der Waals surface area contributed by atoms with Gasteiger partial charge in [0.05, 0.1) is 0 Å². The van der Waals surface area contributed by atoms with E-state index in [0.29, 0.717) is 0 Å². The van der Waals surface area contributed by atoms with Crippen molar-refractivity contribution in [2.75, 3.05) is 5.32 Å². The molecule has 0 saturated carbocycles. The van der Waals surface area contributed by atoms with E-state index < -0.39 is 0 Å². The first-order valence-electron chi connectivity index (χ1n) is 7.26. The van der Waals surface area contributed by atoms with Gasteiger partial charge >= 0.3 is 0 Å². The molecular formula is C19H18N2O. The Kier molecular flexibility index (Phi) is 3.79. The van der Waals surface area contributed by atoms with E-state index >= 15 is 0 Å². The number of pyridine rings is 1. The minimum absolute atomic E-state index is 0.00117. The average Bonchev–Trinajstić information content (AvgIpc) is 2.49. The highest BCUT2D eigenvalue weighted by Crippen LogP contribution is 2.18. The molecule has 0 bridgehead atoms. The Morgan fingerprint density at radius 3 is 2.09 bits per heavy atom. The van der Waals surface area contributed by atoms with Crippen molar-refractivity contribution in [2.45, 2.75) is 13.8 Å². The van der Waals surface area contributed by atoms with Crippen LogP contribution in [0, 0.1) is 13.8 Å². The molecule has 2 aromatic carbocycles. The lowest BCUT2D eigenvalue weighted by atomic mass is 10.2. The van der Waals surface area contributed by atoms with E-state index in [2.05, 4.69) is 5.32 Å². The molecule has 110 valence electrons. The van der Waals surface area contributed by atoms with Gasteiger partial charge in [-0.05, 0) is 61.9 Å². The van der Waals surface area contributed by atoms with E-state index in [9.17, 15) is 4.79 Å². The van der Waals surface area contributed by atoms with E-state index in [0.717, 1.165) is 28.3 Å². The van der Waals surface area contributed by atoms with Crippen molar-refractivity contribution in [1.29, 1.82) is 0 Å². The highest BCUT2D eigenvalue weighted by Gasteiger charge is 2.04. The second-order valence-corrected chi connectivity index (χ2v) is 5.39. The van der Waals surface area contributed by atoms with Crippen LogP contribution in [-0.2, 0) is 0 Å². The summed E-state index contributed by atoms with van der Waals surface area (Å²) in [4.78, 5) is 12.2. The normalized spacial score (nSPS) is 10.5. The predicted octanol–water partition coefficient (Wildman–Crippen LogP) is 4.20. The molecule has 0 radical (unpaired) electrons. The van der Waals surface area contributed by atoms with Gasteiger partial charge in [-0.15, -0.1) is 0 Å². The summed E-state index contributed by atoms with van der Waals surface area (Å²) in [5.41, 5.74) is 4.84. The lowest BCUT2D eigenvalue weighted by Gasteiger charge is -2.12. The van der Waals surface area contributed by atoms with Crippen LogP contribution >= 0.6 is 0 Å². The number of nitrogens with zero attached hydrogens (tertiary/aromatic N) is 1. The highest BCUT2D eigenvalue weighted by molar-refractivity contribution is 5.60. The van der Waals surface area contributed by atoms with E-state index in [-0.39, 0.29) is 5.56 Å². The summed E-state index contributed by atoms with van der Waals surface area (Å²) in [6.07, 6.45) is 0. The smallest absolute Gasteiger partial charge is 0.255 e. The van der Waals surface area contributed by atoms with Crippen molar-refractivity contribution < 1.29 is 0 Å². The van der Waals surface area contributed by atoms with Crippen LogP contribution < -0.4 is 10.9 Å². The van der Waals surface area contributed by atoms with E-state index in [1.807, 2.05) is 74.5 Å².